The van der Waals surface area contributed by atoms with Crippen molar-refractivity contribution in [2.75, 3.05) is 30.8 Å². The predicted octanol–water partition coefficient (Wildman–Crippen LogP) is 1.23. The zero-order valence-corrected chi connectivity index (χ0v) is 9.49. The van der Waals surface area contributed by atoms with Gasteiger partial charge in [0, 0.05) is 25.8 Å². The molecule has 1 aliphatic heterocycles. The molecule has 1 aliphatic rings. The van der Waals surface area contributed by atoms with Gasteiger partial charge in [0.2, 0.25) is 0 Å². The Balaban J connectivity index is 2.39. The van der Waals surface area contributed by atoms with Gasteiger partial charge in [0.05, 0.1) is 11.3 Å². The molecule has 0 aliphatic carbocycles. The van der Waals surface area contributed by atoms with Crippen LogP contribution in [0.2, 0.25) is 0 Å². The maximum Gasteiger partial charge on any atom is 0.253 e. The Hall–Kier alpha value is -1.71. The smallest absolute Gasteiger partial charge is 0.253 e. The number of hydrogen-bond acceptors (Lipinski definition) is 3. The molecule has 4 heteroatoms. The molecule has 86 valence electrons. The van der Waals surface area contributed by atoms with Gasteiger partial charge in [-0.2, -0.15) is 0 Å². The zero-order valence-electron chi connectivity index (χ0n) is 9.49. The predicted molar refractivity (Wildman–Crippen MR) is 65.7 cm³/mol. The molecule has 1 saturated heterocycles. The molecule has 0 saturated carbocycles. The van der Waals surface area contributed by atoms with Crippen molar-refractivity contribution < 1.29 is 4.79 Å². The van der Waals surface area contributed by atoms with Crippen LogP contribution in [0, 0.1) is 0 Å². The van der Waals surface area contributed by atoms with Crippen LogP contribution in [0.4, 0.5) is 11.4 Å². The summed E-state index contributed by atoms with van der Waals surface area (Å²) in [6, 6.07) is 5.45. The quantitative estimate of drug-likeness (QED) is 0.735. The highest BCUT2D eigenvalue weighted by Crippen LogP contribution is 2.26. The Morgan fingerprint density at radius 1 is 1.38 bits per heavy atom. The van der Waals surface area contributed by atoms with Crippen molar-refractivity contribution in [2.24, 2.45) is 0 Å². The molecule has 1 aromatic rings. The van der Waals surface area contributed by atoms with E-state index >= 15 is 0 Å². The Bertz CT molecular complexity index is 397. The second-order valence-corrected chi connectivity index (χ2v) is 4.05. The van der Waals surface area contributed by atoms with Crippen molar-refractivity contribution in [3.05, 3.63) is 23.8 Å². The van der Waals surface area contributed by atoms with Gasteiger partial charge < -0.3 is 16.0 Å². The van der Waals surface area contributed by atoms with Crippen LogP contribution in [0.5, 0.6) is 0 Å². The average molecular weight is 219 g/mol. The lowest BCUT2D eigenvalue weighted by molar-refractivity contribution is 0.0963. The van der Waals surface area contributed by atoms with E-state index in [-0.39, 0.29) is 5.91 Å². The summed E-state index contributed by atoms with van der Waals surface area (Å²) in [5.41, 5.74) is 8.14. The van der Waals surface area contributed by atoms with E-state index in [4.69, 9.17) is 5.73 Å². The molecule has 0 atom stereocenters. The molecule has 1 aromatic carbocycles. The topological polar surface area (TPSA) is 58.4 Å². The third-order valence-electron chi connectivity index (χ3n) is 2.94. The first kappa shape index (κ1) is 10.8. The number of carbonyl (C=O) groups is 1. The van der Waals surface area contributed by atoms with Crippen molar-refractivity contribution in [3.8, 4) is 0 Å². The van der Waals surface area contributed by atoms with E-state index in [9.17, 15) is 4.79 Å². The SMILES string of the molecule is CNC(=O)c1ccc(N)cc1N1CCCC1. The normalized spacial score (nSPS) is 15.2. The van der Waals surface area contributed by atoms with Gasteiger partial charge in [-0.1, -0.05) is 0 Å². The highest BCUT2D eigenvalue weighted by atomic mass is 16.1. The molecule has 3 N–H and O–H groups in total. The van der Waals surface area contributed by atoms with E-state index in [2.05, 4.69) is 10.2 Å². The first-order chi connectivity index (χ1) is 7.72. The van der Waals surface area contributed by atoms with Gasteiger partial charge in [-0.3, -0.25) is 4.79 Å². The van der Waals surface area contributed by atoms with Crippen molar-refractivity contribution >= 4 is 17.3 Å². The van der Waals surface area contributed by atoms with E-state index < -0.39 is 0 Å². The number of nitrogens with zero attached hydrogens (tertiary/aromatic N) is 1. The van der Waals surface area contributed by atoms with Gasteiger partial charge >= 0.3 is 0 Å². The number of rotatable bonds is 2. The van der Waals surface area contributed by atoms with Gasteiger partial charge in [0.25, 0.3) is 5.91 Å². The minimum absolute atomic E-state index is 0.0538. The summed E-state index contributed by atoms with van der Waals surface area (Å²) < 4.78 is 0. The third kappa shape index (κ3) is 1.96. The number of hydrogen-bond donors (Lipinski definition) is 2. The number of carbonyl (C=O) groups excluding carboxylic acids is 1. The van der Waals surface area contributed by atoms with Gasteiger partial charge in [-0.25, -0.2) is 0 Å². The Labute approximate surface area is 95.4 Å². The van der Waals surface area contributed by atoms with Crippen LogP contribution in [0.3, 0.4) is 0 Å². The number of nitrogens with two attached hydrogens (primary N) is 1. The second kappa shape index (κ2) is 4.43. The van der Waals surface area contributed by atoms with Gasteiger partial charge in [-0.15, -0.1) is 0 Å². The lowest BCUT2D eigenvalue weighted by Gasteiger charge is -2.21. The minimum Gasteiger partial charge on any atom is -0.399 e. The van der Waals surface area contributed by atoms with Crippen molar-refractivity contribution in [1.82, 2.24) is 5.32 Å². The van der Waals surface area contributed by atoms with Gasteiger partial charge in [0.1, 0.15) is 0 Å². The number of nitrogen functional groups attached to an aromatic ring is 1. The van der Waals surface area contributed by atoms with Crippen molar-refractivity contribution in [2.45, 2.75) is 12.8 Å². The zero-order chi connectivity index (χ0) is 11.5. The molecular formula is C12H17N3O. The fourth-order valence-corrected chi connectivity index (χ4v) is 2.10. The molecule has 1 amide bonds. The van der Waals surface area contributed by atoms with Crippen LogP contribution >= 0.6 is 0 Å². The summed E-state index contributed by atoms with van der Waals surface area (Å²) in [4.78, 5) is 13.9. The van der Waals surface area contributed by atoms with Crippen LogP contribution in [0.1, 0.15) is 23.2 Å². The standard InChI is InChI=1S/C12H17N3O/c1-14-12(16)10-5-4-9(13)8-11(10)15-6-2-3-7-15/h4-5,8H,2-3,6-7,13H2,1H3,(H,14,16). The van der Waals surface area contributed by atoms with Crippen molar-refractivity contribution in [3.63, 3.8) is 0 Å². The first-order valence-corrected chi connectivity index (χ1v) is 5.59. The molecule has 0 unspecified atom stereocenters. The Morgan fingerprint density at radius 2 is 2.06 bits per heavy atom. The van der Waals surface area contributed by atoms with E-state index in [0.717, 1.165) is 18.8 Å². The fourth-order valence-electron chi connectivity index (χ4n) is 2.10. The molecule has 1 heterocycles. The average Bonchev–Trinajstić information content (AvgIpc) is 2.81. The molecule has 2 rings (SSSR count). The summed E-state index contributed by atoms with van der Waals surface area (Å²) in [6.07, 6.45) is 2.37. The highest BCUT2D eigenvalue weighted by Gasteiger charge is 2.18. The Kier molecular flexibility index (Phi) is 2.99. The second-order valence-electron chi connectivity index (χ2n) is 4.05. The maximum absolute atomic E-state index is 11.7. The fraction of sp³-hybridized carbons (Fsp3) is 0.417. The summed E-state index contributed by atoms with van der Waals surface area (Å²) in [6.45, 7) is 2.01. The lowest BCUT2D eigenvalue weighted by Crippen LogP contribution is -2.25. The summed E-state index contributed by atoms with van der Waals surface area (Å²) in [5.74, 6) is -0.0538. The number of anilines is 2. The largest absolute Gasteiger partial charge is 0.399 e. The van der Waals surface area contributed by atoms with Crippen LogP contribution in [0.15, 0.2) is 18.2 Å². The molecule has 1 fully saturated rings. The van der Waals surface area contributed by atoms with Gasteiger partial charge in [-0.05, 0) is 31.0 Å². The molecular weight excluding hydrogens is 202 g/mol. The van der Waals surface area contributed by atoms with E-state index in [1.165, 1.54) is 12.8 Å². The van der Waals surface area contributed by atoms with E-state index in [1.807, 2.05) is 6.07 Å². The Morgan fingerprint density at radius 3 is 2.69 bits per heavy atom. The molecule has 0 radical (unpaired) electrons. The molecule has 4 nitrogen and oxygen atoms in total. The number of amides is 1. The number of nitrogens with one attached hydrogen (secondary N) is 1. The van der Waals surface area contributed by atoms with Gasteiger partial charge in [0.15, 0.2) is 0 Å². The summed E-state index contributed by atoms with van der Waals surface area (Å²) in [7, 11) is 1.65. The first-order valence-electron chi connectivity index (χ1n) is 5.59. The molecule has 0 bridgehead atoms. The summed E-state index contributed by atoms with van der Waals surface area (Å²) >= 11 is 0. The molecule has 0 spiro atoms. The highest BCUT2D eigenvalue weighted by molar-refractivity contribution is 6.00. The van der Waals surface area contributed by atoms with Crippen molar-refractivity contribution in [1.29, 1.82) is 0 Å². The van der Waals surface area contributed by atoms with E-state index in [0.29, 0.717) is 11.3 Å². The van der Waals surface area contributed by atoms with Crippen LogP contribution in [-0.4, -0.2) is 26.0 Å². The third-order valence-corrected chi connectivity index (χ3v) is 2.94. The molecule has 0 aromatic heterocycles. The van der Waals surface area contributed by atoms with Crippen LogP contribution in [-0.2, 0) is 0 Å². The van der Waals surface area contributed by atoms with Crippen LogP contribution < -0.4 is 16.0 Å². The number of benzene rings is 1. The minimum atomic E-state index is -0.0538. The monoisotopic (exact) mass is 219 g/mol. The van der Waals surface area contributed by atoms with Crippen LogP contribution in [0.25, 0.3) is 0 Å². The maximum atomic E-state index is 11.7. The van der Waals surface area contributed by atoms with E-state index in [1.54, 1.807) is 19.2 Å². The molecule has 16 heavy (non-hydrogen) atoms. The summed E-state index contributed by atoms with van der Waals surface area (Å²) in [5, 5.41) is 2.66. The lowest BCUT2D eigenvalue weighted by atomic mass is 10.1.